The van der Waals surface area contributed by atoms with E-state index in [-0.39, 0.29) is 0 Å². The smallest absolute Gasteiger partial charge is 0.0724 e. The molecule has 0 saturated heterocycles. The molecule has 0 saturated carbocycles. The monoisotopic (exact) mass is 572 g/mol. The van der Waals surface area contributed by atoms with E-state index in [1.165, 1.54) is 76.2 Å². The van der Waals surface area contributed by atoms with Gasteiger partial charge in [0.05, 0.1) is 44.8 Å². The molecule has 6 aromatic carbocycles. The van der Waals surface area contributed by atoms with Crippen molar-refractivity contribution in [3.8, 4) is 11.4 Å². The van der Waals surface area contributed by atoms with E-state index in [1.807, 2.05) is 12.4 Å². The predicted octanol–water partition coefficient (Wildman–Crippen LogP) is 10.4. The van der Waals surface area contributed by atoms with E-state index in [4.69, 9.17) is 0 Å². The highest BCUT2D eigenvalue weighted by Crippen LogP contribution is 2.46. The van der Waals surface area contributed by atoms with Crippen LogP contribution in [-0.2, 0) is 0 Å². The number of nitrogens with zero attached hydrogens (tertiary/aromatic N) is 4. The van der Waals surface area contributed by atoms with Crippen LogP contribution in [0.3, 0.4) is 0 Å². The lowest BCUT2D eigenvalue weighted by Gasteiger charge is -2.10. The van der Waals surface area contributed by atoms with Crippen LogP contribution in [0.5, 0.6) is 0 Å². The zero-order chi connectivity index (χ0) is 29.2. The van der Waals surface area contributed by atoms with E-state index in [1.54, 1.807) is 0 Å². The fourth-order valence-corrected chi connectivity index (χ4v) is 8.09. The fourth-order valence-electron chi connectivity index (χ4n) is 8.09. The molecule has 0 N–H and O–H groups in total. The number of rotatable bonds is 2. The standard InChI is InChI=1S/C41H24N4/c1-2-10-25(11-3-1)43-36-19-18-26(22-31(36)28-20-21-42-24-38(28)43)44-34-16-8-5-13-29(34)39-37(44)23-32-27-12-4-7-15-33(27)45-35-17-9-6-14-30(35)40(39)41(32)45/h1-24H. The Bertz CT molecular complexity index is 2970. The zero-order valence-electron chi connectivity index (χ0n) is 24.1. The molecule has 0 atom stereocenters. The summed E-state index contributed by atoms with van der Waals surface area (Å²) in [5, 5.41) is 10.2. The highest BCUT2D eigenvalue weighted by atomic mass is 15.0. The van der Waals surface area contributed by atoms with E-state index in [0.29, 0.717) is 0 Å². The predicted molar refractivity (Wildman–Crippen MR) is 188 cm³/mol. The van der Waals surface area contributed by atoms with E-state index >= 15 is 0 Å². The molecule has 0 aliphatic heterocycles. The topological polar surface area (TPSA) is 27.2 Å². The van der Waals surface area contributed by atoms with Gasteiger partial charge < -0.3 is 13.5 Å². The van der Waals surface area contributed by atoms with Crippen LogP contribution in [0, 0.1) is 0 Å². The van der Waals surface area contributed by atoms with Gasteiger partial charge in [0.15, 0.2) is 0 Å². The summed E-state index contributed by atoms with van der Waals surface area (Å²) in [5.74, 6) is 0. The maximum absolute atomic E-state index is 4.51. The van der Waals surface area contributed by atoms with Gasteiger partial charge in [0.25, 0.3) is 0 Å². The van der Waals surface area contributed by atoms with Crippen molar-refractivity contribution in [1.29, 1.82) is 0 Å². The van der Waals surface area contributed by atoms with E-state index < -0.39 is 0 Å². The summed E-state index contributed by atoms with van der Waals surface area (Å²) < 4.78 is 7.27. The minimum Gasteiger partial charge on any atom is -0.309 e. The number of fused-ring (bicyclic) bond motifs is 13. The van der Waals surface area contributed by atoms with E-state index in [0.717, 1.165) is 16.9 Å². The molecule has 4 heteroatoms. The van der Waals surface area contributed by atoms with Gasteiger partial charge in [-0.05, 0) is 60.7 Å². The minimum absolute atomic E-state index is 1.11. The Balaban J connectivity index is 1.33. The quantitative estimate of drug-likeness (QED) is 0.202. The number of hydrogen-bond donors (Lipinski definition) is 0. The van der Waals surface area contributed by atoms with Crippen LogP contribution >= 0.6 is 0 Å². The molecule has 11 rings (SSSR count). The molecule has 0 unspecified atom stereocenters. The highest BCUT2D eigenvalue weighted by molar-refractivity contribution is 6.35. The molecule has 0 bridgehead atoms. The Morgan fingerprint density at radius 3 is 1.82 bits per heavy atom. The molecule has 4 nitrogen and oxygen atoms in total. The molecular formula is C41H24N4. The molecule has 0 aliphatic carbocycles. The largest absolute Gasteiger partial charge is 0.309 e. The van der Waals surface area contributed by atoms with Crippen LogP contribution in [0.1, 0.15) is 0 Å². The number of pyridine rings is 1. The molecule has 0 fully saturated rings. The van der Waals surface area contributed by atoms with Crippen LogP contribution in [0.15, 0.2) is 146 Å². The average molecular weight is 573 g/mol. The lowest BCUT2D eigenvalue weighted by atomic mass is 10.0. The number of para-hydroxylation sites is 4. The van der Waals surface area contributed by atoms with Crippen molar-refractivity contribution in [2.75, 3.05) is 0 Å². The first-order chi connectivity index (χ1) is 22.4. The summed E-state index contributed by atoms with van der Waals surface area (Å²) in [7, 11) is 0. The van der Waals surface area contributed by atoms with E-state index in [9.17, 15) is 0 Å². The van der Waals surface area contributed by atoms with Crippen molar-refractivity contribution in [2.24, 2.45) is 0 Å². The van der Waals surface area contributed by atoms with Crippen molar-refractivity contribution in [3.63, 3.8) is 0 Å². The second-order valence-electron chi connectivity index (χ2n) is 12.0. The number of benzene rings is 6. The Kier molecular flexibility index (Phi) is 4.29. The van der Waals surface area contributed by atoms with Crippen molar-refractivity contribution in [2.45, 2.75) is 0 Å². The Morgan fingerprint density at radius 2 is 1.00 bits per heavy atom. The van der Waals surface area contributed by atoms with Crippen LogP contribution in [0.2, 0.25) is 0 Å². The van der Waals surface area contributed by atoms with Gasteiger partial charge in [0, 0.05) is 60.7 Å². The van der Waals surface area contributed by atoms with Gasteiger partial charge in [0.2, 0.25) is 0 Å². The van der Waals surface area contributed by atoms with Crippen LogP contribution < -0.4 is 0 Å². The van der Waals surface area contributed by atoms with Gasteiger partial charge in [0.1, 0.15) is 0 Å². The minimum atomic E-state index is 1.11. The Hall–Kier alpha value is -6.13. The zero-order valence-corrected chi connectivity index (χ0v) is 24.1. The van der Waals surface area contributed by atoms with Gasteiger partial charge in [-0.3, -0.25) is 4.98 Å². The molecule has 0 amide bonds. The normalized spacial score (nSPS) is 12.4. The molecule has 5 heterocycles. The van der Waals surface area contributed by atoms with Crippen molar-refractivity contribution in [3.05, 3.63) is 146 Å². The molecular weight excluding hydrogens is 548 g/mol. The first-order valence-electron chi connectivity index (χ1n) is 15.4. The number of hydrogen-bond acceptors (Lipinski definition) is 1. The third-order valence-electron chi connectivity index (χ3n) is 9.83. The van der Waals surface area contributed by atoms with Gasteiger partial charge in [-0.2, -0.15) is 0 Å². The number of aromatic nitrogens is 4. The third kappa shape index (κ3) is 2.84. The van der Waals surface area contributed by atoms with Gasteiger partial charge in [-0.25, -0.2) is 0 Å². The second kappa shape index (κ2) is 8.28. The molecule has 0 spiro atoms. The lowest BCUT2D eigenvalue weighted by molar-refractivity contribution is 1.16. The highest BCUT2D eigenvalue weighted by Gasteiger charge is 2.24. The summed E-state index contributed by atoms with van der Waals surface area (Å²) in [6.45, 7) is 0. The average Bonchev–Trinajstić information content (AvgIpc) is 3.82. The Morgan fingerprint density at radius 1 is 0.378 bits per heavy atom. The summed E-state index contributed by atoms with van der Waals surface area (Å²) in [6.07, 6.45) is 3.88. The summed E-state index contributed by atoms with van der Waals surface area (Å²) >= 11 is 0. The van der Waals surface area contributed by atoms with Gasteiger partial charge >= 0.3 is 0 Å². The van der Waals surface area contributed by atoms with Crippen LogP contribution in [0.4, 0.5) is 0 Å². The third-order valence-corrected chi connectivity index (χ3v) is 9.83. The Labute approximate surface area is 256 Å². The fraction of sp³-hybridized carbons (Fsp3) is 0. The molecule has 0 aliphatic rings. The molecule has 208 valence electrons. The van der Waals surface area contributed by atoms with Crippen molar-refractivity contribution >= 4 is 81.7 Å². The molecule has 11 aromatic rings. The van der Waals surface area contributed by atoms with Crippen molar-refractivity contribution in [1.82, 2.24) is 18.5 Å². The maximum atomic E-state index is 4.51. The summed E-state index contributed by atoms with van der Waals surface area (Å²) in [4.78, 5) is 4.51. The first-order valence-corrected chi connectivity index (χ1v) is 15.4. The van der Waals surface area contributed by atoms with Crippen LogP contribution in [0.25, 0.3) is 93.1 Å². The SMILES string of the molecule is c1ccc(-n2c3ccc(-n4c5ccccc5c5c6c7ccccc7n7c8ccccc8c(cc54)c67)cc3c3ccncc32)cc1. The molecule has 45 heavy (non-hydrogen) atoms. The second-order valence-corrected chi connectivity index (χ2v) is 12.0. The molecule has 0 radical (unpaired) electrons. The first kappa shape index (κ1) is 23.3. The molecule has 5 aromatic heterocycles. The summed E-state index contributed by atoms with van der Waals surface area (Å²) in [6, 6.07) is 48.6. The summed E-state index contributed by atoms with van der Waals surface area (Å²) in [5.41, 5.74) is 10.8. The lowest BCUT2D eigenvalue weighted by Crippen LogP contribution is -1.95. The maximum Gasteiger partial charge on any atom is 0.0724 e. The van der Waals surface area contributed by atoms with Crippen LogP contribution in [-0.4, -0.2) is 18.5 Å². The van der Waals surface area contributed by atoms with E-state index in [2.05, 4.69) is 152 Å². The van der Waals surface area contributed by atoms with Gasteiger partial charge in [-0.1, -0.05) is 72.8 Å². The van der Waals surface area contributed by atoms with Gasteiger partial charge in [-0.15, -0.1) is 0 Å². The van der Waals surface area contributed by atoms with Crippen molar-refractivity contribution < 1.29 is 0 Å².